The van der Waals surface area contributed by atoms with Crippen molar-refractivity contribution in [3.8, 4) is 0 Å². The number of aromatic nitrogens is 3. The van der Waals surface area contributed by atoms with Crippen molar-refractivity contribution in [2.24, 2.45) is 0 Å². The molecule has 0 aromatic carbocycles. The fraction of sp³-hybridized carbons (Fsp3) is 0.500. The van der Waals surface area contributed by atoms with Crippen LogP contribution in [-0.4, -0.2) is 47.3 Å². The molecular formula is C14H19N5O. The highest BCUT2D eigenvalue weighted by molar-refractivity contribution is 5.71. The van der Waals surface area contributed by atoms with Gasteiger partial charge in [-0.3, -0.25) is 4.98 Å². The second-order valence-corrected chi connectivity index (χ2v) is 4.84. The van der Waals surface area contributed by atoms with Gasteiger partial charge in [-0.25, -0.2) is 9.97 Å². The minimum atomic E-state index is 0.397. The Morgan fingerprint density at radius 2 is 2.05 bits per heavy atom. The van der Waals surface area contributed by atoms with Gasteiger partial charge in [0.25, 0.3) is 0 Å². The van der Waals surface area contributed by atoms with E-state index < -0.39 is 0 Å². The summed E-state index contributed by atoms with van der Waals surface area (Å²) in [5, 5.41) is 6.59. The molecule has 1 aliphatic rings. The molecule has 0 bridgehead atoms. The Hall–Kier alpha value is -1.79. The van der Waals surface area contributed by atoms with Gasteiger partial charge >= 0.3 is 0 Å². The number of hydrogen-bond donors (Lipinski definition) is 2. The molecule has 0 saturated carbocycles. The number of ether oxygens (including phenoxy) is 1. The van der Waals surface area contributed by atoms with Gasteiger partial charge in [-0.15, -0.1) is 0 Å². The summed E-state index contributed by atoms with van der Waals surface area (Å²) in [6.45, 7) is 3.57. The summed E-state index contributed by atoms with van der Waals surface area (Å²) >= 11 is 0. The van der Waals surface area contributed by atoms with Gasteiger partial charge in [-0.2, -0.15) is 0 Å². The van der Waals surface area contributed by atoms with E-state index in [0.717, 1.165) is 43.8 Å². The van der Waals surface area contributed by atoms with Crippen LogP contribution in [-0.2, 0) is 4.74 Å². The first-order valence-electron chi connectivity index (χ1n) is 7.06. The monoisotopic (exact) mass is 273 g/mol. The van der Waals surface area contributed by atoms with Crippen molar-refractivity contribution in [1.82, 2.24) is 20.3 Å². The second-order valence-electron chi connectivity index (χ2n) is 4.84. The summed E-state index contributed by atoms with van der Waals surface area (Å²) in [6.07, 6.45) is 5.92. The van der Waals surface area contributed by atoms with Crippen LogP contribution in [0.5, 0.6) is 0 Å². The predicted octanol–water partition coefficient (Wildman–Crippen LogP) is 1.21. The zero-order chi connectivity index (χ0) is 13.6. The summed E-state index contributed by atoms with van der Waals surface area (Å²) < 4.78 is 5.83. The fourth-order valence-corrected chi connectivity index (χ4v) is 2.32. The molecule has 1 saturated heterocycles. The largest absolute Gasteiger partial charge is 0.376 e. The Kier molecular flexibility index (Phi) is 4.35. The predicted molar refractivity (Wildman–Crippen MR) is 77.7 cm³/mol. The molecular weight excluding hydrogens is 254 g/mol. The van der Waals surface area contributed by atoms with Gasteiger partial charge in [0.1, 0.15) is 11.3 Å². The molecule has 0 atom stereocenters. The van der Waals surface area contributed by atoms with Crippen molar-refractivity contribution < 1.29 is 4.74 Å². The standard InChI is InChI=1S/C14H19N5O/c1-2-13(19-14-12(1)16-7-8-18-14)17-9-10-20-11-3-5-15-6-4-11/h1-2,7-8,11,15H,3-6,9-10H2,(H,17,18,19). The third-order valence-electron chi connectivity index (χ3n) is 3.38. The van der Waals surface area contributed by atoms with Crippen LogP contribution in [0.15, 0.2) is 24.5 Å². The lowest BCUT2D eigenvalue weighted by Gasteiger charge is -2.23. The van der Waals surface area contributed by atoms with Crippen molar-refractivity contribution in [1.29, 1.82) is 0 Å². The van der Waals surface area contributed by atoms with Gasteiger partial charge in [0.2, 0.25) is 0 Å². The number of fused-ring (bicyclic) bond motifs is 1. The van der Waals surface area contributed by atoms with E-state index >= 15 is 0 Å². The van der Waals surface area contributed by atoms with Crippen molar-refractivity contribution >= 4 is 17.0 Å². The lowest BCUT2D eigenvalue weighted by atomic mass is 10.1. The van der Waals surface area contributed by atoms with E-state index in [1.165, 1.54) is 0 Å². The molecule has 0 aliphatic carbocycles. The highest BCUT2D eigenvalue weighted by Gasteiger charge is 2.12. The Bertz CT molecular complexity index is 556. The number of nitrogens with zero attached hydrogens (tertiary/aromatic N) is 3. The molecule has 106 valence electrons. The molecule has 2 aromatic heterocycles. The number of piperidine rings is 1. The minimum Gasteiger partial charge on any atom is -0.376 e. The SMILES string of the molecule is c1cnc2nc(NCCOC3CCNCC3)ccc2n1. The van der Waals surface area contributed by atoms with Gasteiger partial charge in [-0.05, 0) is 38.1 Å². The number of pyridine rings is 1. The summed E-state index contributed by atoms with van der Waals surface area (Å²) in [4.78, 5) is 12.8. The van der Waals surface area contributed by atoms with Crippen LogP contribution in [0, 0.1) is 0 Å². The van der Waals surface area contributed by atoms with E-state index in [2.05, 4.69) is 25.6 Å². The number of rotatable bonds is 5. The van der Waals surface area contributed by atoms with Gasteiger partial charge in [-0.1, -0.05) is 0 Å². The molecule has 0 radical (unpaired) electrons. The summed E-state index contributed by atoms with van der Waals surface area (Å²) in [5.74, 6) is 0.812. The van der Waals surface area contributed by atoms with Gasteiger partial charge in [0, 0.05) is 18.9 Å². The van der Waals surface area contributed by atoms with Crippen LogP contribution >= 0.6 is 0 Å². The normalized spacial score (nSPS) is 16.4. The molecule has 0 amide bonds. The summed E-state index contributed by atoms with van der Waals surface area (Å²) in [7, 11) is 0. The quantitative estimate of drug-likeness (QED) is 0.798. The maximum atomic E-state index is 5.83. The zero-order valence-corrected chi connectivity index (χ0v) is 11.4. The van der Waals surface area contributed by atoms with Gasteiger partial charge < -0.3 is 15.4 Å². The molecule has 2 N–H and O–H groups in total. The first-order chi connectivity index (χ1) is 9.92. The molecule has 6 heteroatoms. The molecule has 0 spiro atoms. The van der Waals surface area contributed by atoms with E-state index in [1.807, 2.05) is 12.1 Å². The van der Waals surface area contributed by atoms with E-state index in [0.29, 0.717) is 18.4 Å². The average molecular weight is 273 g/mol. The fourth-order valence-electron chi connectivity index (χ4n) is 2.32. The van der Waals surface area contributed by atoms with E-state index in [-0.39, 0.29) is 0 Å². The first kappa shape index (κ1) is 13.2. The van der Waals surface area contributed by atoms with Crippen LogP contribution in [0.3, 0.4) is 0 Å². The van der Waals surface area contributed by atoms with E-state index in [9.17, 15) is 0 Å². The second kappa shape index (κ2) is 6.58. The third kappa shape index (κ3) is 3.40. The molecule has 1 fully saturated rings. The molecule has 6 nitrogen and oxygen atoms in total. The maximum absolute atomic E-state index is 5.83. The van der Waals surface area contributed by atoms with Gasteiger partial charge in [0.05, 0.1) is 12.7 Å². The lowest BCUT2D eigenvalue weighted by Crippen LogP contribution is -2.33. The van der Waals surface area contributed by atoms with Crippen LogP contribution in [0.1, 0.15) is 12.8 Å². The Labute approximate surface area is 118 Å². The van der Waals surface area contributed by atoms with Crippen LogP contribution in [0.25, 0.3) is 11.2 Å². The number of hydrogen-bond acceptors (Lipinski definition) is 6. The summed E-state index contributed by atoms with van der Waals surface area (Å²) in [5.41, 5.74) is 1.47. The van der Waals surface area contributed by atoms with Crippen molar-refractivity contribution in [2.75, 3.05) is 31.6 Å². The smallest absolute Gasteiger partial charge is 0.180 e. The molecule has 2 aromatic rings. The van der Waals surface area contributed by atoms with Crippen molar-refractivity contribution in [3.63, 3.8) is 0 Å². The Morgan fingerprint density at radius 3 is 2.95 bits per heavy atom. The van der Waals surface area contributed by atoms with Crippen molar-refractivity contribution in [2.45, 2.75) is 18.9 Å². The minimum absolute atomic E-state index is 0.397. The lowest BCUT2D eigenvalue weighted by molar-refractivity contribution is 0.0394. The molecule has 1 aliphatic heterocycles. The highest BCUT2D eigenvalue weighted by Crippen LogP contribution is 2.10. The average Bonchev–Trinajstić information content (AvgIpc) is 2.52. The molecule has 3 heterocycles. The topological polar surface area (TPSA) is 72.0 Å². The summed E-state index contributed by atoms with van der Waals surface area (Å²) in [6, 6.07) is 3.84. The molecule has 0 unspecified atom stereocenters. The van der Waals surface area contributed by atoms with Crippen LogP contribution in [0.2, 0.25) is 0 Å². The molecule has 20 heavy (non-hydrogen) atoms. The third-order valence-corrected chi connectivity index (χ3v) is 3.38. The van der Waals surface area contributed by atoms with E-state index in [1.54, 1.807) is 12.4 Å². The van der Waals surface area contributed by atoms with E-state index in [4.69, 9.17) is 4.74 Å². The maximum Gasteiger partial charge on any atom is 0.180 e. The van der Waals surface area contributed by atoms with Crippen LogP contribution in [0.4, 0.5) is 5.82 Å². The van der Waals surface area contributed by atoms with Crippen LogP contribution < -0.4 is 10.6 Å². The molecule has 3 rings (SSSR count). The Morgan fingerprint density at radius 1 is 1.20 bits per heavy atom. The van der Waals surface area contributed by atoms with Crippen molar-refractivity contribution in [3.05, 3.63) is 24.5 Å². The highest BCUT2D eigenvalue weighted by atomic mass is 16.5. The number of nitrogens with one attached hydrogen (secondary N) is 2. The Balaban J connectivity index is 1.47. The number of anilines is 1. The first-order valence-corrected chi connectivity index (χ1v) is 7.06. The zero-order valence-electron chi connectivity index (χ0n) is 11.4. The van der Waals surface area contributed by atoms with Gasteiger partial charge in [0.15, 0.2) is 5.65 Å².